The highest BCUT2D eigenvalue weighted by molar-refractivity contribution is 7.25. The van der Waals surface area contributed by atoms with Crippen LogP contribution in [0.2, 0.25) is 0 Å². The van der Waals surface area contributed by atoms with E-state index < -0.39 is 0 Å². The van der Waals surface area contributed by atoms with E-state index >= 15 is 0 Å². The molecule has 0 fully saturated rings. The SMILES string of the molecule is c1ccc(-c2ccc3c(c2)c2ccccc2n3-c2ccc(-c3ccc4sc5ccccc5c4c3)cc2-c2nc(-c3ccccc3)nc(-c3ccccc3)n2)cc1. The minimum atomic E-state index is 0.614. The molecule has 4 nitrogen and oxygen atoms in total. The zero-order valence-corrected chi connectivity index (χ0v) is 31.0. The van der Waals surface area contributed by atoms with Gasteiger partial charge < -0.3 is 4.57 Å². The molecular weight excluding hydrogens is 701 g/mol. The summed E-state index contributed by atoms with van der Waals surface area (Å²) in [5.74, 6) is 1.88. The summed E-state index contributed by atoms with van der Waals surface area (Å²) in [7, 11) is 0. The lowest BCUT2D eigenvalue weighted by molar-refractivity contribution is 1.06. The van der Waals surface area contributed by atoms with E-state index in [1.165, 1.54) is 42.1 Å². The fourth-order valence-corrected chi connectivity index (χ4v) is 9.05. The minimum Gasteiger partial charge on any atom is -0.309 e. The number of benzene rings is 8. The van der Waals surface area contributed by atoms with Crippen molar-refractivity contribution in [3.8, 4) is 62.1 Å². The van der Waals surface area contributed by atoms with Crippen molar-refractivity contribution in [1.29, 1.82) is 0 Å². The number of hydrogen-bond acceptors (Lipinski definition) is 4. The quantitative estimate of drug-likeness (QED) is 0.171. The Morgan fingerprint density at radius 2 is 0.821 bits per heavy atom. The molecule has 0 unspecified atom stereocenters. The van der Waals surface area contributed by atoms with Crippen LogP contribution in [0, 0.1) is 0 Å². The van der Waals surface area contributed by atoms with Gasteiger partial charge in [0.25, 0.3) is 0 Å². The molecule has 0 saturated heterocycles. The van der Waals surface area contributed by atoms with Gasteiger partial charge in [0.1, 0.15) is 0 Å². The Hall–Kier alpha value is -7.21. The summed E-state index contributed by atoms with van der Waals surface area (Å²) in [5.41, 5.74) is 10.6. The van der Waals surface area contributed by atoms with Crippen LogP contribution in [-0.4, -0.2) is 19.5 Å². The molecule has 0 N–H and O–H groups in total. The second kappa shape index (κ2) is 13.3. The van der Waals surface area contributed by atoms with Gasteiger partial charge in [-0.1, -0.05) is 146 Å². The zero-order valence-electron chi connectivity index (χ0n) is 30.2. The number of aromatic nitrogens is 4. The average Bonchev–Trinajstić information content (AvgIpc) is 3.82. The molecule has 0 aliphatic rings. The van der Waals surface area contributed by atoms with E-state index in [-0.39, 0.29) is 0 Å². The second-order valence-electron chi connectivity index (χ2n) is 14.0. The molecule has 0 bridgehead atoms. The van der Waals surface area contributed by atoms with E-state index in [0.29, 0.717) is 17.5 Å². The highest BCUT2D eigenvalue weighted by atomic mass is 32.1. The highest BCUT2D eigenvalue weighted by Gasteiger charge is 2.21. The molecule has 0 radical (unpaired) electrons. The molecule has 3 heterocycles. The van der Waals surface area contributed by atoms with Crippen LogP contribution in [0.3, 0.4) is 0 Å². The number of nitrogens with zero attached hydrogens (tertiary/aromatic N) is 4. The van der Waals surface area contributed by atoms with Gasteiger partial charge in [0.15, 0.2) is 17.5 Å². The van der Waals surface area contributed by atoms with Crippen LogP contribution in [0.15, 0.2) is 194 Å². The lowest BCUT2D eigenvalue weighted by Crippen LogP contribution is -2.04. The van der Waals surface area contributed by atoms with Gasteiger partial charge in [0, 0.05) is 47.6 Å². The van der Waals surface area contributed by atoms with E-state index in [1.807, 2.05) is 47.7 Å². The van der Waals surface area contributed by atoms with Crippen LogP contribution < -0.4 is 0 Å². The Morgan fingerprint density at radius 1 is 0.321 bits per heavy atom. The minimum absolute atomic E-state index is 0.614. The Kier molecular flexibility index (Phi) is 7.64. The number of thiophene rings is 1. The van der Waals surface area contributed by atoms with E-state index in [0.717, 1.165) is 44.5 Å². The molecule has 3 aromatic heterocycles. The molecule has 8 aromatic carbocycles. The molecule has 0 saturated carbocycles. The van der Waals surface area contributed by atoms with E-state index in [2.05, 4.69) is 162 Å². The van der Waals surface area contributed by atoms with Gasteiger partial charge in [0.2, 0.25) is 0 Å². The number of fused-ring (bicyclic) bond motifs is 6. The number of rotatable bonds is 6. The summed E-state index contributed by atoms with van der Waals surface area (Å²) < 4.78 is 4.96. The molecule has 0 aliphatic carbocycles. The van der Waals surface area contributed by atoms with Gasteiger partial charge in [0.05, 0.1) is 16.7 Å². The van der Waals surface area contributed by atoms with Crippen LogP contribution in [-0.2, 0) is 0 Å². The first-order valence-corrected chi connectivity index (χ1v) is 19.6. The molecule has 0 amide bonds. The zero-order chi connectivity index (χ0) is 37.0. The molecule has 0 atom stereocenters. The maximum Gasteiger partial charge on any atom is 0.166 e. The maximum atomic E-state index is 5.27. The number of hydrogen-bond donors (Lipinski definition) is 0. The molecule has 11 rings (SSSR count). The molecule has 262 valence electrons. The fourth-order valence-electron chi connectivity index (χ4n) is 7.97. The van der Waals surface area contributed by atoms with Gasteiger partial charge in [-0.2, -0.15) is 0 Å². The number of para-hydroxylation sites is 1. The van der Waals surface area contributed by atoms with Gasteiger partial charge in [-0.15, -0.1) is 11.3 Å². The summed E-state index contributed by atoms with van der Waals surface area (Å²) in [6.45, 7) is 0. The third kappa shape index (κ3) is 5.48. The lowest BCUT2D eigenvalue weighted by Gasteiger charge is -2.16. The van der Waals surface area contributed by atoms with E-state index in [4.69, 9.17) is 15.0 Å². The van der Waals surface area contributed by atoms with Crippen LogP contribution in [0.5, 0.6) is 0 Å². The predicted molar refractivity (Wildman–Crippen MR) is 234 cm³/mol. The molecule has 0 spiro atoms. The molecule has 0 aliphatic heterocycles. The Bertz CT molecular complexity index is 3180. The highest BCUT2D eigenvalue weighted by Crippen LogP contribution is 2.41. The molecule has 11 aromatic rings. The van der Waals surface area contributed by atoms with Crippen molar-refractivity contribution in [1.82, 2.24) is 19.5 Å². The molecule has 56 heavy (non-hydrogen) atoms. The first-order chi connectivity index (χ1) is 27.7. The van der Waals surface area contributed by atoms with Crippen LogP contribution in [0.25, 0.3) is 104 Å². The normalized spacial score (nSPS) is 11.6. The average molecular weight is 733 g/mol. The molecular formula is C51H32N4S. The summed E-state index contributed by atoms with van der Waals surface area (Å²) in [6, 6.07) is 68.7. The van der Waals surface area contributed by atoms with Crippen LogP contribution in [0.4, 0.5) is 0 Å². The predicted octanol–water partition coefficient (Wildman–Crippen LogP) is 13.7. The van der Waals surface area contributed by atoms with Crippen LogP contribution >= 0.6 is 11.3 Å². The fraction of sp³-hybridized carbons (Fsp3) is 0. The van der Waals surface area contributed by atoms with Crippen molar-refractivity contribution in [2.75, 3.05) is 0 Å². The Morgan fingerprint density at radius 3 is 1.55 bits per heavy atom. The van der Waals surface area contributed by atoms with Crippen molar-refractivity contribution < 1.29 is 0 Å². The largest absolute Gasteiger partial charge is 0.309 e. The van der Waals surface area contributed by atoms with Crippen molar-refractivity contribution in [3.63, 3.8) is 0 Å². The van der Waals surface area contributed by atoms with Crippen molar-refractivity contribution in [3.05, 3.63) is 194 Å². The summed E-state index contributed by atoms with van der Waals surface area (Å²) in [6.07, 6.45) is 0. The summed E-state index contributed by atoms with van der Waals surface area (Å²) in [4.78, 5) is 15.6. The van der Waals surface area contributed by atoms with Crippen molar-refractivity contribution in [2.45, 2.75) is 0 Å². The van der Waals surface area contributed by atoms with E-state index in [1.54, 1.807) is 0 Å². The molecule has 5 heteroatoms. The monoisotopic (exact) mass is 732 g/mol. The lowest BCUT2D eigenvalue weighted by atomic mass is 9.99. The Balaban J connectivity index is 1.19. The Labute approximate surface area is 327 Å². The first-order valence-electron chi connectivity index (χ1n) is 18.8. The topological polar surface area (TPSA) is 43.6 Å². The van der Waals surface area contributed by atoms with Crippen molar-refractivity contribution in [2.24, 2.45) is 0 Å². The van der Waals surface area contributed by atoms with Crippen LogP contribution in [0.1, 0.15) is 0 Å². The van der Waals surface area contributed by atoms with Gasteiger partial charge in [-0.05, 0) is 70.8 Å². The van der Waals surface area contributed by atoms with E-state index in [9.17, 15) is 0 Å². The smallest absolute Gasteiger partial charge is 0.166 e. The van der Waals surface area contributed by atoms with Gasteiger partial charge in [-0.25, -0.2) is 15.0 Å². The standard InChI is InChI=1S/C51H32N4S/c1-4-14-33(15-5-1)36-24-27-45-41(30-36)39-20-10-12-22-44(39)55(45)46-28-25-37(38-26-29-48-42(31-38)40-21-11-13-23-47(40)56-48)32-43(46)51-53-49(34-16-6-2-7-17-34)52-50(54-51)35-18-8-3-9-19-35/h1-32H. The van der Waals surface area contributed by atoms with Crippen molar-refractivity contribution >= 4 is 53.3 Å². The maximum absolute atomic E-state index is 5.27. The van der Waals surface area contributed by atoms with Gasteiger partial charge >= 0.3 is 0 Å². The third-order valence-electron chi connectivity index (χ3n) is 10.7. The summed E-state index contributed by atoms with van der Waals surface area (Å²) in [5, 5.41) is 4.93. The first kappa shape index (κ1) is 32.2. The van der Waals surface area contributed by atoms with Gasteiger partial charge in [-0.3, -0.25) is 0 Å². The second-order valence-corrected chi connectivity index (χ2v) is 15.1. The summed E-state index contributed by atoms with van der Waals surface area (Å²) >= 11 is 1.84. The third-order valence-corrected chi connectivity index (χ3v) is 11.8.